The Morgan fingerprint density at radius 1 is 0.529 bits per heavy atom. The van der Waals surface area contributed by atoms with Crippen LogP contribution in [0.25, 0.3) is 11.4 Å². The number of non-ortho nitro benzene ring substituents is 2. The number of thioether (sulfide) groups is 4. The molecular weight excluding hydrogens is 1040 g/mol. The minimum atomic E-state index is -0.386. The number of aromatic nitrogens is 2. The van der Waals surface area contributed by atoms with Crippen molar-refractivity contribution in [3.8, 4) is 22.9 Å². The number of ether oxygens (including phenoxy) is 2. The van der Waals surface area contributed by atoms with E-state index in [4.69, 9.17) is 43.9 Å². The SMILES string of the molecule is COc1ccc(N=C2Sc3c(sc(=S)n3-c3ccc(CCc4ccc(-n5c6c(sc5=S)[C@@H](c5ccc([N+](=O)[O-])cc5)SC(=Nc5ccc(OC)cc5)S6)cc4)cc3)[C@@H](c3ccc([N+](=O)[O-])cc3)S2)cc1. The second kappa shape index (κ2) is 20.9. The zero-order valence-corrected chi connectivity index (χ0v) is 43.4. The van der Waals surface area contributed by atoms with Gasteiger partial charge in [-0.2, -0.15) is 0 Å². The largest absolute Gasteiger partial charge is 0.497 e. The number of benzene rings is 6. The van der Waals surface area contributed by atoms with E-state index in [2.05, 4.69) is 57.7 Å². The summed E-state index contributed by atoms with van der Waals surface area (Å²) < 4.78 is 18.0. The Balaban J connectivity index is 0.887. The summed E-state index contributed by atoms with van der Waals surface area (Å²) in [5.74, 6) is 1.49. The molecule has 0 unspecified atom stereocenters. The quantitative estimate of drug-likeness (QED) is 0.0617. The van der Waals surface area contributed by atoms with Crippen LogP contribution in [0.2, 0.25) is 0 Å². The van der Waals surface area contributed by atoms with Crippen LogP contribution in [0.15, 0.2) is 166 Å². The molecule has 0 bridgehead atoms. The highest BCUT2D eigenvalue weighted by atomic mass is 32.2. The molecule has 70 heavy (non-hydrogen) atoms. The normalized spacial score (nSPS) is 16.4. The van der Waals surface area contributed by atoms with E-state index in [-0.39, 0.29) is 31.7 Å². The summed E-state index contributed by atoms with van der Waals surface area (Å²) >= 11 is 21.5. The van der Waals surface area contributed by atoms with Gasteiger partial charge in [0.15, 0.2) is 7.91 Å². The zero-order valence-electron chi connectivity index (χ0n) is 36.8. The van der Waals surface area contributed by atoms with Crippen LogP contribution in [0.4, 0.5) is 22.7 Å². The van der Waals surface area contributed by atoms with Crippen LogP contribution in [0.5, 0.6) is 11.5 Å². The predicted octanol–water partition coefficient (Wildman–Crippen LogP) is 15.7. The topological polar surface area (TPSA) is 139 Å². The lowest BCUT2D eigenvalue weighted by Gasteiger charge is -2.24. The summed E-state index contributed by atoms with van der Waals surface area (Å²) in [6.45, 7) is 0. The number of aryl methyl sites for hydroxylation is 2. The minimum absolute atomic E-state index is 0.0400. The van der Waals surface area contributed by atoms with E-state index in [9.17, 15) is 20.2 Å². The highest BCUT2D eigenvalue weighted by molar-refractivity contribution is 8.40. The maximum absolute atomic E-state index is 11.5. The molecule has 10 rings (SSSR count). The molecule has 0 N–H and O–H groups in total. The first-order valence-electron chi connectivity index (χ1n) is 21.3. The molecule has 0 aliphatic carbocycles. The lowest BCUT2D eigenvalue weighted by atomic mass is 10.0. The van der Waals surface area contributed by atoms with E-state index in [0.717, 1.165) is 86.8 Å². The summed E-state index contributed by atoms with van der Waals surface area (Å²) in [4.78, 5) is 34.4. The zero-order chi connectivity index (χ0) is 48.5. The van der Waals surface area contributed by atoms with Crippen LogP contribution >= 0.6 is 94.2 Å². The van der Waals surface area contributed by atoms with Crippen LogP contribution in [-0.4, -0.2) is 42.0 Å². The van der Waals surface area contributed by atoms with E-state index in [1.54, 1.807) is 108 Å². The molecule has 2 aliphatic rings. The Morgan fingerprint density at radius 3 is 1.21 bits per heavy atom. The van der Waals surface area contributed by atoms with Crippen LogP contribution in [-0.2, 0) is 12.8 Å². The highest BCUT2D eigenvalue weighted by Crippen LogP contribution is 2.54. The Hall–Kier alpha value is -5.84. The molecule has 12 nitrogen and oxygen atoms in total. The fraction of sp³-hybridized carbons (Fsp3) is 0.120. The molecule has 350 valence electrons. The Morgan fingerprint density at radius 2 is 0.886 bits per heavy atom. The molecule has 20 heteroatoms. The number of hydrogen-bond acceptors (Lipinski definition) is 16. The van der Waals surface area contributed by atoms with E-state index in [1.165, 1.54) is 11.1 Å². The Labute approximate surface area is 436 Å². The number of nitro benzene ring substituents is 2. The van der Waals surface area contributed by atoms with E-state index >= 15 is 0 Å². The molecule has 2 atom stereocenters. The molecule has 8 aromatic rings. The first kappa shape index (κ1) is 47.8. The summed E-state index contributed by atoms with van der Waals surface area (Å²) in [5, 5.41) is 24.6. The molecule has 0 saturated carbocycles. The molecule has 0 saturated heterocycles. The minimum Gasteiger partial charge on any atom is -0.497 e. The van der Waals surface area contributed by atoms with Crippen LogP contribution in [0, 0.1) is 28.1 Å². The van der Waals surface area contributed by atoms with Gasteiger partial charge in [-0.1, -0.05) is 72.1 Å². The highest BCUT2D eigenvalue weighted by Gasteiger charge is 2.34. The maximum Gasteiger partial charge on any atom is 0.269 e. The number of methoxy groups -OCH3 is 2. The van der Waals surface area contributed by atoms with Crippen LogP contribution < -0.4 is 9.47 Å². The molecule has 4 heterocycles. The standard InChI is InChI=1S/C50H36N6O6S8/c1-61-39-25-13-33(14-26-39)51-47-65-41(31-9-21-37(22-10-31)55(57)58)43-45(69-47)53(49(63)67-43)35-17-5-29(6-18-35)3-4-30-7-19-36(20-8-30)54-46-44(68-50(54)64)42(32-11-23-38(24-12-32)56(59)60)66-48(70-46)52-34-15-27-40(62-2)28-16-34/h5-28,41-42H,3-4H2,1-2H3/t41-,42-/m1/s1. The number of nitro groups is 2. The van der Waals surface area contributed by atoms with Crippen molar-refractivity contribution in [2.75, 3.05) is 14.2 Å². The molecule has 0 amide bonds. The van der Waals surface area contributed by atoms with Crippen molar-refractivity contribution < 1.29 is 19.3 Å². The van der Waals surface area contributed by atoms with Gasteiger partial charge in [0.2, 0.25) is 0 Å². The summed E-state index contributed by atoms with van der Waals surface area (Å²) in [7, 11) is 3.26. The lowest BCUT2D eigenvalue weighted by molar-refractivity contribution is -0.385. The average molecular weight is 1070 g/mol. The van der Waals surface area contributed by atoms with Gasteiger partial charge in [-0.25, -0.2) is 9.98 Å². The summed E-state index contributed by atoms with van der Waals surface area (Å²) in [5.41, 5.74) is 7.77. The molecule has 0 spiro atoms. The third-order valence-electron chi connectivity index (χ3n) is 11.4. The van der Waals surface area contributed by atoms with Gasteiger partial charge in [0.25, 0.3) is 11.4 Å². The smallest absolute Gasteiger partial charge is 0.269 e. The van der Waals surface area contributed by atoms with Crippen molar-refractivity contribution in [3.63, 3.8) is 0 Å². The van der Waals surface area contributed by atoms with Gasteiger partial charge in [-0.05, 0) is 156 Å². The van der Waals surface area contributed by atoms with Gasteiger partial charge < -0.3 is 9.47 Å². The van der Waals surface area contributed by atoms with Gasteiger partial charge in [-0.15, -0.1) is 22.7 Å². The second-order valence-electron chi connectivity index (χ2n) is 15.6. The number of fused-ring (bicyclic) bond motifs is 2. The lowest BCUT2D eigenvalue weighted by Crippen LogP contribution is -2.09. The molecule has 6 aromatic carbocycles. The van der Waals surface area contributed by atoms with Crippen molar-refractivity contribution in [2.45, 2.75) is 33.4 Å². The van der Waals surface area contributed by atoms with Crippen molar-refractivity contribution in [1.82, 2.24) is 9.13 Å². The molecule has 0 fully saturated rings. The average Bonchev–Trinajstić information content (AvgIpc) is 3.90. The summed E-state index contributed by atoms with van der Waals surface area (Å²) in [6, 6.07) is 45.7. The fourth-order valence-corrected chi connectivity index (χ4v) is 16.8. The van der Waals surface area contributed by atoms with Crippen molar-refractivity contribution in [1.29, 1.82) is 0 Å². The fourth-order valence-electron chi connectivity index (χ4n) is 7.76. The van der Waals surface area contributed by atoms with E-state index < -0.39 is 0 Å². The molecule has 0 radical (unpaired) electrons. The van der Waals surface area contributed by atoms with Gasteiger partial charge in [0.1, 0.15) is 30.3 Å². The first-order chi connectivity index (χ1) is 34.0. The third kappa shape index (κ3) is 10.2. The predicted molar refractivity (Wildman–Crippen MR) is 293 cm³/mol. The van der Waals surface area contributed by atoms with E-state index in [1.807, 2.05) is 72.8 Å². The van der Waals surface area contributed by atoms with Crippen molar-refractivity contribution in [2.24, 2.45) is 9.98 Å². The summed E-state index contributed by atoms with van der Waals surface area (Å²) in [6.07, 6.45) is 1.64. The van der Waals surface area contributed by atoms with Gasteiger partial charge in [0.05, 0.1) is 55.7 Å². The number of rotatable bonds is 13. The number of nitrogens with zero attached hydrogens (tertiary/aromatic N) is 6. The van der Waals surface area contributed by atoms with Gasteiger partial charge in [-0.3, -0.25) is 29.4 Å². The van der Waals surface area contributed by atoms with Crippen LogP contribution in [0.3, 0.4) is 0 Å². The molecule has 2 aromatic heterocycles. The first-order valence-corrected chi connectivity index (χ1v) is 27.2. The van der Waals surface area contributed by atoms with Crippen LogP contribution in [0.1, 0.15) is 42.5 Å². The molecule has 2 aliphatic heterocycles. The number of thiazole rings is 2. The maximum atomic E-state index is 11.5. The van der Waals surface area contributed by atoms with Gasteiger partial charge >= 0.3 is 0 Å². The monoisotopic (exact) mass is 1070 g/mol. The van der Waals surface area contributed by atoms with E-state index in [0.29, 0.717) is 7.91 Å². The van der Waals surface area contributed by atoms with Crippen molar-refractivity contribution in [3.05, 3.63) is 206 Å². The van der Waals surface area contributed by atoms with Crippen molar-refractivity contribution >= 4 is 126 Å². The molecular formula is C50H36N6O6S8. The Kier molecular flexibility index (Phi) is 14.3. The Bertz CT molecular complexity index is 3210. The number of aliphatic imine (C=N–C) groups is 2. The second-order valence-corrected chi connectivity index (χ2v) is 23.6. The number of hydrogen-bond donors (Lipinski definition) is 0. The van der Waals surface area contributed by atoms with Gasteiger partial charge in [0, 0.05) is 35.6 Å². The third-order valence-corrected chi connectivity index (χ3v) is 19.7.